The third kappa shape index (κ3) is 5.39. The Kier molecular flexibility index (Phi) is 6.91. The molecule has 0 saturated carbocycles. The first-order chi connectivity index (χ1) is 15.6. The van der Waals surface area contributed by atoms with E-state index in [4.69, 9.17) is 0 Å². The topological polar surface area (TPSA) is 59.8 Å². The molecule has 4 rings (SSSR count). The van der Waals surface area contributed by atoms with Crippen LogP contribution in [0.1, 0.15) is 11.1 Å². The Morgan fingerprint density at radius 1 is 0.906 bits per heavy atom. The Hall–Kier alpha value is -3.52. The fourth-order valence-electron chi connectivity index (χ4n) is 3.13. The number of rotatable bonds is 8. The van der Waals surface area contributed by atoms with Crippen molar-refractivity contribution in [2.75, 3.05) is 5.75 Å². The second-order valence-corrected chi connectivity index (χ2v) is 7.98. The molecule has 0 atom stereocenters. The summed E-state index contributed by atoms with van der Waals surface area (Å²) in [5, 5.41) is 11.8. The van der Waals surface area contributed by atoms with Gasteiger partial charge in [-0.1, -0.05) is 60.3 Å². The van der Waals surface area contributed by atoms with Crippen LogP contribution in [0.25, 0.3) is 11.4 Å². The van der Waals surface area contributed by atoms with Crippen LogP contribution in [0, 0.1) is 11.6 Å². The predicted molar refractivity (Wildman–Crippen MR) is 120 cm³/mol. The molecule has 0 unspecified atom stereocenters. The maximum absolute atomic E-state index is 13.7. The normalized spacial score (nSPS) is 10.8. The molecule has 0 saturated heterocycles. The van der Waals surface area contributed by atoms with Crippen molar-refractivity contribution in [1.82, 2.24) is 20.1 Å². The van der Waals surface area contributed by atoms with Gasteiger partial charge in [0.1, 0.15) is 11.6 Å². The van der Waals surface area contributed by atoms with Crippen LogP contribution in [0.4, 0.5) is 8.78 Å². The standard InChI is InChI=1S/C24H20F2N4OS/c25-20-12-10-18(11-13-20)23-28-29-24(30(23)15-17-6-2-1-3-7-17)32-16-22(31)27-14-19-8-4-5-9-21(19)26/h1-13H,14-16H2,(H,27,31). The molecule has 162 valence electrons. The predicted octanol–water partition coefficient (Wildman–Crippen LogP) is 4.68. The summed E-state index contributed by atoms with van der Waals surface area (Å²) >= 11 is 1.24. The lowest BCUT2D eigenvalue weighted by molar-refractivity contribution is -0.118. The monoisotopic (exact) mass is 450 g/mol. The van der Waals surface area contributed by atoms with Crippen molar-refractivity contribution >= 4 is 17.7 Å². The van der Waals surface area contributed by atoms with Crippen molar-refractivity contribution in [3.63, 3.8) is 0 Å². The molecule has 1 N–H and O–H groups in total. The minimum absolute atomic E-state index is 0.102. The molecule has 32 heavy (non-hydrogen) atoms. The van der Waals surface area contributed by atoms with E-state index in [0.717, 1.165) is 11.1 Å². The van der Waals surface area contributed by atoms with Crippen LogP contribution in [0.15, 0.2) is 84.0 Å². The first-order valence-electron chi connectivity index (χ1n) is 9.96. The van der Waals surface area contributed by atoms with Gasteiger partial charge in [-0.3, -0.25) is 9.36 Å². The Labute approximate surface area is 188 Å². The second-order valence-electron chi connectivity index (χ2n) is 7.04. The smallest absolute Gasteiger partial charge is 0.230 e. The van der Waals surface area contributed by atoms with Gasteiger partial charge in [0.25, 0.3) is 0 Å². The molecule has 0 aliphatic rings. The SMILES string of the molecule is O=C(CSc1nnc(-c2ccc(F)cc2)n1Cc1ccccc1)NCc1ccccc1F. The number of hydrogen-bond donors (Lipinski definition) is 1. The average Bonchev–Trinajstić information content (AvgIpc) is 3.20. The summed E-state index contributed by atoms with van der Waals surface area (Å²) in [5.74, 6) is -0.236. The molecule has 1 heterocycles. The van der Waals surface area contributed by atoms with Crippen molar-refractivity contribution < 1.29 is 13.6 Å². The lowest BCUT2D eigenvalue weighted by Gasteiger charge is -2.11. The third-order valence-corrected chi connectivity index (χ3v) is 5.74. The molecule has 3 aromatic carbocycles. The molecule has 0 aliphatic heterocycles. The van der Waals surface area contributed by atoms with Gasteiger partial charge in [0.2, 0.25) is 5.91 Å². The summed E-state index contributed by atoms with van der Waals surface area (Å²) in [7, 11) is 0. The zero-order valence-corrected chi connectivity index (χ0v) is 17.9. The van der Waals surface area contributed by atoms with Gasteiger partial charge in [0.05, 0.1) is 12.3 Å². The number of nitrogens with zero attached hydrogens (tertiary/aromatic N) is 3. The zero-order valence-electron chi connectivity index (χ0n) is 17.0. The number of hydrogen-bond acceptors (Lipinski definition) is 4. The summed E-state index contributed by atoms with van der Waals surface area (Å²) < 4.78 is 29.0. The quantitative estimate of drug-likeness (QED) is 0.396. The summed E-state index contributed by atoms with van der Waals surface area (Å²) in [5.41, 5.74) is 2.20. The summed E-state index contributed by atoms with van der Waals surface area (Å²) in [6.07, 6.45) is 0. The van der Waals surface area contributed by atoms with Crippen molar-refractivity contribution in [3.05, 3.63) is 102 Å². The van der Waals surface area contributed by atoms with Crippen LogP contribution in [-0.4, -0.2) is 26.4 Å². The molecular weight excluding hydrogens is 430 g/mol. The van der Waals surface area contributed by atoms with E-state index in [9.17, 15) is 13.6 Å². The molecule has 0 spiro atoms. The van der Waals surface area contributed by atoms with E-state index in [2.05, 4.69) is 15.5 Å². The number of carbonyl (C=O) groups is 1. The fraction of sp³-hybridized carbons (Fsp3) is 0.125. The highest BCUT2D eigenvalue weighted by Crippen LogP contribution is 2.25. The lowest BCUT2D eigenvalue weighted by Crippen LogP contribution is -2.25. The van der Waals surface area contributed by atoms with Gasteiger partial charge in [0, 0.05) is 17.7 Å². The van der Waals surface area contributed by atoms with Crippen molar-refractivity contribution in [1.29, 1.82) is 0 Å². The highest BCUT2D eigenvalue weighted by atomic mass is 32.2. The van der Waals surface area contributed by atoms with E-state index < -0.39 is 0 Å². The molecule has 1 aromatic heterocycles. The van der Waals surface area contributed by atoms with E-state index in [-0.39, 0.29) is 29.8 Å². The van der Waals surface area contributed by atoms with Crippen molar-refractivity contribution in [2.24, 2.45) is 0 Å². The van der Waals surface area contributed by atoms with Crippen LogP contribution >= 0.6 is 11.8 Å². The van der Waals surface area contributed by atoms with E-state index in [1.54, 1.807) is 30.3 Å². The van der Waals surface area contributed by atoms with Gasteiger partial charge in [-0.15, -0.1) is 10.2 Å². The minimum atomic E-state index is -0.355. The largest absolute Gasteiger partial charge is 0.351 e. The molecular formula is C24H20F2N4OS. The molecule has 1 amide bonds. The molecule has 4 aromatic rings. The maximum atomic E-state index is 13.7. The van der Waals surface area contributed by atoms with Gasteiger partial charge >= 0.3 is 0 Å². The van der Waals surface area contributed by atoms with Crippen LogP contribution in [0.5, 0.6) is 0 Å². The number of carbonyl (C=O) groups excluding carboxylic acids is 1. The number of halogens is 2. The van der Waals surface area contributed by atoms with Crippen LogP contribution in [0.2, 0.25) is 0 Å². The first-order valence-corrected chi connectivity index (χ1v) is 10.9. The van der Waals surface area contributed by atoms with Gasteiger partial charge in [0.15, 0.2) is 11.0 Å². The molecule has 0 aliphatic carbocycles. The molecule has 0 radical (unpaired) electrons. The Morgan fingerprint density at radius 3 is 2.38 bits per heavy atom. The van der Waals surface area contributed by atoms with E-state index in [1.165, 1.54) is 30.0 Å². The average molecular weight is 451 g/mol. The number of amides is 1. The fourth-order valence-corrected chi connectivity index (χ4v) is 3.90. The molecule has 0 fully saturated rings. The highest BCUT2D eigenvalue weighted by molar-refractivity contribution is 7.99. The Balaban J connectivity index is 1.49. The lowest BCUT2D eigenvalue weighted by atomic mass is 10.2. The summed E-state index contributed by atoms with van der Waals surface area (Å²) in [4.78, 5) is 12.3. The van der Waals surface area contributed by atoms with Crippen LogP contribution < -0.4 is 5.32 Å². The van der Waals surface area contributed by atoms with Gasteiger partial charge in [-0.2, -0.15) is 0 Å². The van der Waals surface area contributed by atoms with Crippen molar-refractivity contribution in [3.8, 4) is 11.4 Å². The maximum Gasteiger partial charge on any atom is 0.230 e. The number of nitrogens with one attached hydrogen (secondary N) is 1. The minimum Gasteiger partial charge on any atom is -0.351 e. The van der Waals surface area contributed by atoms with E-state index in [0.29, 0.717) is 23.1 Å². The Morgan fingerprint density at radius 2 is 1.62 bits per heavy atom. The summed E-state index contributed by atoms with van der Waals surface area (Å²) in [6, 6.07) is 22.2. The van der Waals surface area contributed by atoms with Gasteiger partial charge < -0.3 is 5.32 Å². The van der Waals surface area contributed by atoms with Gasteiger partial charge in [-0.05, 0) is 35.9 Å². The Bertz CT molecular complexity index is 1200. The van der Waals surface area contributed by atoms with Crippen LogP contribution in [-0.2, 0) is 17.9 Å². The van der Waals surface area contributed by atoms with E-state index >= 15 is 0 Å². The number of thioether (sulfide) groups is 1. The number of benzene rings is 3. The molecule has 8 heteroatoms. The first kappa shape index (κ1) is 21.7. The van der Waals surface area contributed by atoms with E-state index in [1.807, 2.05) is 34.9 Å². The zero-order chi connectivity index (χ0) is 22.3. The van der Waals surface area contributed by atoms with Gasteiger partial charge in [-0.25, -0.2) is 8.78 Å². The van der Waals surface area contributed by atoms with Crippen molar-refractivity contribution in [2.45, 2.75) is 18.2 Å². The molecule has 0 bridgehead atoms. The molecule has 5 nitrogen and oxygen atoms in total. The van der Waals surface area contributed by atoms with Crippen LogP contribution in [0.3, 0.4) is 0 Å². The summed E-state index contributed by atoms with van der Waals surface area (Å²) in [6.45, 7) is 0.614. The third-order valence-electron chi connectivity index (χ3n) is 4.77. The highest BCUT2D eigenvalue weighted by Gasteiger charge is 2.16. The second kappa shape index (κ2) is 10.2. The number of aromatic nitrogens is 3.